The lowest BCUT2D eigenvalue weighted by molar-refractivity contribution is 0.0697. The zero-order chi connectivity index (χ0) is 15.4. The van der Waals surface area contributed by atoms with Gasteiger partial charge in [0.2, 0.25) is 5.88 Å². The highest BCUT2D eigenvalue weighted by atomic mass is 32.1. The van der Waals surface area contributed by atoms with Gasteiger partial charge in [0.05, 0.1) is 12.8 Å². The minimum absolute atomic E-state index is 0.200. The number of carboxylic acids is 1. The Morgan fingerprint density at radius 1 is 1.43 bits per heavy atom. The lowest BCUT2D eigenvalue weighted by Gasteiger charge is -2.06. The van der Waals surface area contributed by atoms with Gasteiger partial charge in [0.25, 0.3) is 0 Å². The van der Waals surface area contributed by atoms with Crippen LogP contribution in [0.3, 0.4) is 0 Å². The van der Waals surface area contributed by atoms with Crippen LogP contribution in [0.15, 0.2) is 24.3 Å². The van der Waals surface area contributed by atoms with E-state index in [1.54, 1.807) is 25.3 Å². The molecule has 0 unspecified atom stereocenters. The number of carbonyl (C=O) groups is 1. The Hall–Kier alpha value is -2.08. The van der Waals surface area contributed by atoms with Gasteiger partial charge in [-0.1, -0.05) is 19.9 Å². The van der Waals surface area contributed by atoms with Crippen molar-refractivity contribution in [3.63, 3.8) is 0 Å². The molecule has 0 saturated heterocycles. The topological polar surface area (TPSA) is 68.7 Å². The summed E-state index contributed by atoms with van der Waals surface area (Å²) in [5, 5.41) is 9.23. The van der Waals surface area contributed by atoms with Crippen molar-refractivity contribution < 1.29 is 19.4 Å². The van der Waals surface area contributed by atoms with Crippen LogP contribution in [0.2, 0.25) is 0 Å². The second kappa shape index (κ2) is 6.58. The van der Waals surface area contributed by atoms with Crippen LogP contribution in [0.5, 0.6) is 11.6 Å². The number of hydrogen-bond donors (Lipinski definition) is 1. The number of thiophene rings is 1. The molecule has 1 N–H and O–H groups in total. The Labute approximate surface area is 127 Å². The summed E-state index contributed by atoms with van der Waals surface area (Å²) in [5.74, 6) is 0.185. The molecule has 0 aliphatic carbocycles. The first-order valence-corrected chi connectivity index (χ1v) is 7.32. The van der Waals surface area contributed by atoms with Crippen LogP contribution in [0.4, 0.5) is 0 Å². The lowest BCUT2D eigenvalue weighted by atomic mass is 10.2. The normalized spacial score (nSPS) is 10.7. The van der Waals surface area contributed by atoms with Crippen LogP contribution in [0.25, 0.3) is 0 Å². The van der Waals surface area contributed by atoms with Crippen molar-refractivity contribution in [2.45, 2.75) is 26.4 Å². The van der Waals surface area contributed by atoms with Crippen LogP contribution in [0, 0.1) is 0 Å². The molecule has 2 heterocycles. The minimum Gasteiger partial charge on any atom is -0.485 e. The van der Waals surface area contributed by atoms with Gasteiger partial charge in [0, 0.05) is 10.9 Å². The maximum absolute atomic E-state index is 11.3. The summed E-state index contributed by atoms with van der Waals surface area (Å²) >= 11 is 1.25. The first kappa shape index (κ1) is 15.3. The Bertz CT molecular complexity index is 636. The van der Waals surface area contributed by atoms with Gasteiger partial charge in [-0.3, -0.25) is 0 Å². The van der Waals surface area contributed by atoms with Crippen LogP contribution in [-0.4, -0.2) is 23.2 Å². The molecule has 2 aromatic rings. The molecule has 0 bridgehead atoms. The number of nitrogens with zero attached hydrogens (tertiary/aromatic N) is 1. The maximum atomic E-state index is 11.3. The number of pyridine rings is 1. The van der Waals surface area contributed by atoms with E-state index in [9.17, 15) is 9.90 Å². The van der Waals surface area contributed by atoms with E-state index in [0.29, 0.717) is 17.3 Å². The Balaban J connectivity index is 2.16. The van der Waals surface area contributed by atoms with Gasteiger partial charge in [-0.25, -0.2) is 9.78 Å². The van der Waals surface area contributed by atoms with Gasteiger partial charge in [-0.2, -0.15) is 0 Å². The van der Waals surface area contributed by atoms with Crippen molar-refractivity contribution in [2.75, 3.05) is 7.11 Å². The first-order valence-electron chi connectivity index (χ1n) is 6.51. The van der Waals surface area contributed by atoms with Crippen molar-refractivity contribution in [1.29, 1.82) is 0 Å². The molecule has 21 heavy (non-hydrogen) atoms. The number of aromatic carboxylic acids is 1. The van der Waals surface area contributed by atoms with Crippen molar-refractivity contribution in [1.82, 2.24) is 4.98 Å². The van der Waals surface area contributed by atoms with Gasteiger partial charge in [0.1, 0.15) is 12.4 Å². The molecule has 0 spiro atoms. The van der Waals surface area contributed by atoms with E-state index in [1.165, 1.54) is 11.3 Å². The van der Waals surface area contributed by atoms with Crippen molar-refractivity contribution in [3.8, 4) is 11.6 Å². The quantitative estimate of drug-likeness (QED) is 0.884. The zero-order valence-corrected chi connectivity index (χ0v) is 12.9. The predicted molar refractivity (Wildman–Crippen MR) is 80.5 cm³/mol. The molecule has 0 aromatic carbocycles. The highest BCUT2D eigenvalue weighted by Crippen LogP contribution is 2.34. The third-order valence-corrected chi connectivity index (χ3v) is 4.25. The number of ether oxygens (including phenoxy) is 2. The van der Waals surface area contributed by atoms with E-state index in [-0.39, 0.29) is 17.4 Å². The predicted octanol–water partition coefficient (Wildman–Crippen LogP) is 3.55. The number of hydrogen-bond acceptors (Lipinski definition) is 5. The molecule has 0 amide bonds. The van der Waals surface area contributed by atoms with E-state index >= 15 is 0 Å². The fourth-order valence-electron chi connectivity index (χ4n) is 1.74. The van der Waals surface area contributed by atoms with E-state index in [1.807, 2.05) is 19.9 Å². The molecule has 0 fully saturated rings. The SMILES string of the molecule is COc1cccc(COc2cc(C(C)C)sc2C(=O)O)n1. The first-order chi connectivity index (χ1) is 10.0. The Morgan fingerprint density at radius 2 is 2.19 bits per heavy atom. The largest absolute Gasteiger partial charge is 0.485 e. The summed E-state index contributed by atoms with van der Waals surface area (Å²) < 4.78 is 10.7. The third-order valence-electron chi connectivity index (χ3n) is 2.85. The van der Waals surface area contributed by atoms with E-state index in [2.05, 4.69) is 4.98 Å². The van der Waals surface area contributed by atoms with Crippen LogP contribution in [0.1, 0.15) is 40.0 Å². The second-order valence-electron chi connectivity index (χ2n) is 4.76. The summed E-state index contributed by atoms with van der Waals surface area (Å²) in [5.41, 5.74) is 0.683. The van der Waals surface area contributed by atoms with Gasteiger partial charge >= 0.3 is 5.97 Å². The summed E-state index contributed by atoms with van der Waals surface area (Å²) in [6, 6.07) is 7.15. The van der Waals surface area contributed by atoms with Gasteiger partial charge in [-0.05, 0) is 18.1 Å². The Kier molecular flexibility index (Phi) is 4.80. The average Bonchev–Trinajstić information content (AvgIpc) is 2.90. The molecular formula is C15H17NO4S. The molecule has 0 saturated carbocycles. The highest BCUT2D eigenvalue weighted by Gasteiger charge is 2.18. The summed E-state index contributed by atoms with van der Waals surface area (Å²) in [7, 11) is 1.54. The zero-order valence-electron chi connectivity index (χ0n) is 12.1. The third kappa shape index (κ3) is 3.72. The number of carboxylic acid groups (broad SMARTS) is 1. The maximum Gasteiger partial charge on any atom is 0.349 e. The Morgan fingerprint density at radius 3 is 2.81 bits per heavy atom. The van der Waals surface area contributed by atoms with Crippen molar-refractivity contribution >= 4 is 17.3 Å². The molecule has 0 radical (unpaired) electrons. The van der Waals surface area contributed by atoms with Crippen molar-refractivity contribution in [2.24, 2.45) is 0 Å². The fourth-order valence-corrected chi connectivity index (χ4v) is 2.68. The molecule has 6 heteroatoms. The van der Waals surface area contributed by atoms with Gasteiger partial charge in [-0.15, -0.1) is 11.3 Å². The molecule has 0 aliphatic heterocycles. The van der Waals surface area contributed by atoms with Crippen molar-refractivity contribution in [3.05, 3.63) is 39.7 Å². The smallest absolute Gasteiger partial charge is 0.349 e. The molecular weight excluding hydrogens is 290 g/mol. The highest BCUT2D eigenvalue weighted by molar-refractivity contribution is 7.14. The van der Waals surface area contributed by atoms with E-state index in [4.69, 9.17) is 9.47 Å². The number of aromatic nitrogens is 1. The van der Waals surface area contributed by atoms with E-state index in [0.717, 1.165) is 4.88 Å². The minimum atomic E-state index is -0.972. The molecule has 5 nitrogen and oxygen atoms in total. The standard InChI is InChI=1S/C15H17NO4S/c1-9(2)12-7-11(14(21-12)15(17)18)20-8-10-5-4-6-13(16-10)19-3/h4-7,9H,8H2,1-3H3,(H,17,18). The number of methoxy groups -OCH3 is 1. The molecule has 0 aliphatic rings. The summed E-state index contributed by atoms with van der Waals surface area (Å²) in [4.78, 5) is 16.7. The molecule has 0 atom stereocenters. The van der Waals surface area contributed by atoms with Crippen LogP contribution in [-0.2, 0) is 6.61 Å². The average molecular weight is 307 g/mol. The summed E-state index contributed by atoms with van der Waals surface area (Å²) in [6.45, 7) is 4.24. The number of rotatable bonds is 6. The molecule has 2 rings (SSSR count). The molecule has 112 valence electrons. The second-order valence-corrected chi connectivity index (χ2v) is 5.85. The monoisotopic (exact) mass is 307 g/mol. The molecule has 2 aromatic heterocycles. The van der Waals surface area contributed by atoms with Crippen LogP contribution < -0.4 is 9.47 Å². The van der Waals surface area contributed by atoms with Gasteiger partial charge in [0.15, 0.2) is 4.88 Å². The fraction of sp³-hybridized carbons (Fsp3) is 0.333. The van der Waals surface area contributed by atoms with Crippen LogP contribution >= 0.6 is 11.3 Å². The van der Waals surface area contributed by atoms with Gasteiger partial charge < -0.3 is 14.6 Å². The van der Waals surface area contributed by atoms with E-state index < -0.39 is 5.97 Å². The summed E-state index contributed by atoms with van der Waals surface area (Å²) in [6.07, 6.45) is 0. The lowest BCUT2D eigenvalue weighted by Crippen LogP contribution is -2.02.